The number of amides is 1. The SMILES string of the molecule is CCOCCOc1cc(C)ccc1CNC(=O)C(C)CNC.Cl. The molecule has 0 aliphatic rings. The van der Waals surface area contributed by atoms with E-state index in [1.165, 1.54) is 0 Å². The number of benzene rings is 1. The number of carbonyl (C=O) groups excluding carboxylic acids is 1. The van der Waals surface area contributed by atoms with Gasteiger partial charge in [-0.1, -0.05) is 19.1 Å². The Morgan fingerprint density at radius 2 is 2.04 bits per heavy atom. The first kappa shape index (κ1) is 21.7. The van der Waals surface area contributed by atoms with Gasteiger partial charge in [0.1, 0.15) is 12.4 Å². The van der Waals surface area contributed by atoms with E-state index in [0.717, 1.165) is 16.9 Å². The third kappa shape index (κ3) is 8.21. The maximum atomic E-state index is 12.0. The van der Waals surface area contributed by atoms with Crippen LogP contribution in [-0.2, 0) is 16.1 Å². The van der Waals surface area contributed by atoms with Crippen molar-refractivity contribution in [1.82, 2.24) is 10.6 Å². The van der Waals surface area contributed by atoms with Crippen LogP contribution < -0.4 is 15.4 Å². The van der Waals surface area contributed by atoms with E-state index in [1.807, 2.05) is 46.0 Å². The zero-order chi connectivity index (χ0) is 16.4. The summed E-state index contributed by atoms with van der Waals surface area (Å²) >= 11 is 0. The molecule has 0 saturated carbocycles. The van der Waals surface area contributed by atoms with Gasteiger partial charge in [-0.05, 0) is 32.5 Å². The molecule has 0 saturated heterocycles. The van der Waals surface area contributed by atoms with E-state index in [0.29, 0.717) is 32.9 Å². The van der Waals surface area contributed by atoms with Crippen LogP contribution in [0.2, 0.25) is 0 Å². The van der Waals surface area contributed by atoms with Crippen molar-refractivity contribution < 1.29 is 14.3 Å². The molecule has 0 fully saturated rings. The molecule has 0 radical (unpaired) electrons. The van der Waals surface area contributed by atoms with E-state index in [4.69, 9.17) is 9.47 Å². The van der Waals surface area contributed by atoms with Crippen LogP contribution in [0.1, 0.15) is 25.0 Å². The molecule has 132 valence electrons. The molecule has 0 bridgehead atoms. The number of halogens is 1. The average molecular weight is 345 g/mol. The van der Waals surface area contributed by atoms with E-state index in [-0.39, 0.29) is 24.2 Å². The van der Waals surface area contributed by atoms with Crippen molar-refractivity contribution in [3.05, 3.63) is 29.3 Å². The molecule has 0 aliphatic carbocycles. The van der Waals surface area contributed by atoms with Crippen LogP contribution in [0.4, 0.5) is 0 Å². The van der Waals surface area contributed by atoms with Crippen LogP contribution in [0, 0.1) is 12.8 Å². The van der Waals surface area contributed by atoms with Gasteiger partial charge in [0.2, 0.25) is 5.91 Å². The second-order valence-electron chi connectivity index (χ2n) is 5.33. The summed E-state index contributed by atoms with van der Waals surface area (Å²) in [6.07, 6.45) is 0. The van der Waals surface area contributed by atoms with Gasteiger partial charge < -0.3 is 20.1 Å². The van der Waals surface area contributed by atoms with E-state index in [9.17, 15) is 4.79 Å². The highest BCUT2D eigenvalue weighted by molar-refractivity contribution is 5.85. The fourth-order valence-electron chi connectivity index (χ4n) is 2.05. The third-order valence-electron chi connectivity index (χ3n) is 3.32. The van der Waals surface area contributed by atoms with Crippen LogP contribution in [0.3, 0.4) is 0 Å². The highest BCUT2D eigenvalue weighted by Crippen LogP contribution is 2.20. The van der Waals surface area contributed by atoms with Gasteiger partial charge in [0.15, 0.2) is 0 Å². The van der Waals surface area contributed by atoms with Crippen molar-refractivity contribution in [2.45, 2.75) is 27.3 Å². The Hall–Kier alpha value is -1.30. The van der Waals surface area contributed by atoms with Gasteiger partial charge in [-0.15, -0.1) is 12.4 Å². The monoisotopic (exact) mass is 344 g/mol. The Kier molecular flexibility index (Phi) is 11.5. The lowest BCUT2D eigenvalue weighted by Crippen LogP contribution is -2.34. The standard InChI is InChI=1S/C17H28N2O3.ClH/c1-5-21-8-9-22-16-10-13(2)6-7-15(16)12-19-17(20)14(3)11-18-4;/h6-7,10,14,18H,5,8-9,11-12H2,1-4H3,(H,19,20);1H. The molecule has 6 heteroatoms. The van der Waals surface area contributed by atoms with Gasteiger partial charge in [-0.3, -0.25) is 4.79 Å². The number of carbonyl (C=O) groups is 1. The maximum Gasteiger partial charge on any atom is 0.224 e. The van der Waals surface area contributed by atoms with Crippen LogP contribution in [-0.4, -0.2) is 39.3 Å². The summed E-state index contributed by atoms with van der Waals surface area (Å²) < 4.78 is 11.1. The first-order valence-electron chi connectivity index (χ1n) is 7.80. The van der Waals surface area contributed by atoms with E-state index >= 15 is 0 Å². The van der Waals surface area contributed by atoms with Crippen molar-refractivity contribution in [2.75, 3.05) is 33.4 Å². The van der Waals surface area contributed by atoms with Gasteiger partial charge >= 0.3 is 0 Å². The summed E-state index contributed by atoms with van der Waals surface area (Å²) in [7, 11) is 1.84. The molecule has 1 rings (SSSR count). The zero-order valence-corrected chi connectivity index (χ0v) is 15.3. The summed E-state index contributed by atoms with van der Waals surface area (Å²) in [5, 5.41) is 5.96. The van der Waals surface area contributed by atoms with Crippen molar-refractivity contribution in [3.8, 4) is 5.75 Å². The van der Waals surface area contributed by atoms with Gasteiger partial charge in [0.05, 0.1) is 6.61 Å². The molecular formula is C17H29ClN2O3. The summed E-state index contributed by atoms with van der Waals surface area (Å²) in [5.41, 5.74) is 2.11. The largest absolute Gasteiger partial charge is 0.491 e. The fraction of sp³-hybridized carbons (Fsp3) is 0.588. The first-order valence-corrected chi connectivity index (χ1v) is 7.80. The van der Waals surface area contributed by atoms with E-state index in [2.05, 4.69) is 10.6 Å². The van der Waals surface area contributed by atoms with E-state index < -0.39 is 0 Å². The lowest BCUT2D eigenvalue weighted by atomic mass is 10.1. The topological polar surface area (TPSA) is 59.6 Å². The molecule has 1 aromatic carbocycles. The van der Waals surface area contributed by atoms with Crippen LogP contribution >= 0.6 is 12.4 Å². The maximum absolute atomic E-state index is 12.0. The number of ether oxygens (including phenoxy) is 2. The lowest BCUT2D eigenvalue weighted by Gasteiger charge is -2.15. The smallest absolute Gasteiger partial charge is 0.224 e. The molecule has 0 aliphatic heterocycles. The summed E-state index contributed by atoms with van der Waals surface area (Å²) in [5.74, 6) is 0.786. The minimum Gasteiger partial charge on any atom is -0.491 e. The van der Waals surface area contributed by atoms with Crippen molar-refractivity contribution in [1.29, 1.82) is 0 Å². The number of hydrogen-bond acceptors (Lipinski definition) is 4. The highest BCUT2D eigenvalue weighted by Gasteiger charge is 2.12. The van der Waals surface area contributed by atoms with Gasteiger partial charge in [-0.2, -0.15) is 0 Å². The zero-order valence-electron chi connectivity index (χ0n) is 14.5. The van der Waals surface area contributed by atoms with Crippen LogP contribution in [0.15, 0.2) is 18.2 Å². The van der Waals surface area contributed by atoms with Gasteiger partial charge in [0.25, 0.3) is 0 Å². The minimum absolute atomic E-state index is 0. The molecule has 0 spiro atoms. The molecule has 1 unspecified atom stereocenters. The number of nitrogens with one attached hydrogen (secondary N) is 2. The molecular weight excluding hydrogens is 316 g/mol. The summed E-state index contributed by atoms with van der Waals surface area (Å²) in [6, 6.07) is 6.01. The van der Waals surface area contributed by atoms with Crippen molar-refractivity contribution in [3.63, 3.8) is 0 Å². The molecule has 0 heterocycles. The Morgan fingerprint density at radius 3 is 2.70 bits per heavy atom. The Bertz CT molecular complexity index is 469. The summed E-state index contributed by atoms with van der Waals surface area (Å²) in [4.78, 5) is 12.0. The third-order valence-corrected chi connectivity index (χ3v) is 3.32. The van der Waals surface area contributed by atoms with Crippen molar-refractivity contribution in [2.24, 2.45) is 5.92 Å². The predicted octanol–water partition coefficient (Wildman–Crippen LogP) is 2.30. The second kappa shape index (κ2) is 12.2. The molecule has 5 nitrogen and oxygen atoms in total. The minimum atomic E-state index is -0.0576. The molecule has 2 N–H and O–H groups in total. The van der Waals surface area contributed by atoms with Crippen molar-refractivity contribution >= 4 is 18.3 Å². The first-order chi connectivity index (χ1) is 10.6. The molecule has 0 aromatic heterocycles. The quantitative estimate of drug-likeness (QED) is 0.639. The Balaban J connectivity index is 0.00000484. The number of hydrogen-bond donors (Lipinski definition) is 2. The fourth-order valence-corrected chi connectivity index (χ4v) is 2.05. The number of aryl methyl sites for hydroxylation is 1. The second-order valence-corrected chi connectivity index (χ2v) is 5.33. The molecule has 1 amide bonds. The normalized spacial score (nSPS) is 11.5. The molecule has 23 heavy (non-hydrogen) atoms. The average Bonchev–Trinajstić information content (AvgIpc) is 2.50. The number of rotatable bonds is 10. The molecule has 1 atom stereocenters. The van der Waals surface area contributed by atoms with Gasteiger partial charge in [0, 0.05) is 31.2 Å². The van der Waals surface area contributed by atoms with Crippen LogP contribution in [0.25, 0.3) is 0 Å². The lowest BCUT2D eigenvalue weighted by molar-refractivity contribution is -0.124. The Morgan fingerprint density at radius 1 is 1.30 bits per heavy atom. The highest BCUT2D eigenvalue weighted by atomic mass is 35.5. The Labute approximate surface area is 145 Å². The summed E-state index contributed by atoms with van der Waals surface area (Å²) in [6.45, 7) is 8.77. The predicted molar refractivity (Wildman–Crippen MR) is 95.4 cm³/mol. The van der Waals surface area contributed by atoms with Gasteiger partial charge in [-0.25, -0.2) is 0 Å². The van der Waals surface area contributed by atoms with Crippen LogP contribution in [0.5, 0.6) is 5.75 Å². The molecule has 1 aromatic rings. The van der Waals surface area contributed by atoms with E-state index in [1.54, 1.807) is 0 Å².